The second-order valence-corrected chi connectivity index (χ2v) is 15.8. The fourth-order valence-electron chi connectivity index (χ4n) is 9.86. The highest BCUT2D eigenvalue weighted by Crippen LogP contribution is 2.52. The first-order chi connectivity index (χ1) is 29.1. The van der Waals surface area contributed by atoms with E-state index in [2.05, 4.69) is 228 Å². The third-order valence-electron chi connectivity index (χ3n) is 12.6. The van der Waals surface area contributed by atoms with E-state index in [0.29, 0.717) is 0 Å². The van der Waals surface area contributed by atoms with Crippen LogP contribution in [0.5, 0.6) is 0 Å². The number of anilines is 6. The van der Waals surface area contributed by atoms with Gasteiger partial charge >= 0.3 is 0 Å². The summed E-state index contributed by atoms with van der Waals surface area (Å²) in [7, 11) is 0. The number of rotatable bonds is 7. The Morgan fingerprint density at radius 3 is 1.05 bits per heavy atom. The van der Waals surface area contributed by atoms with Crippen molar-refractivity contribution >= 4 is 99.0 Å². The van der Waals surface area contributed by atoms with E-state index in [4.69, 9.17) is 0 Å². The molecule has 1 aromatic heterocycles. The lowest BCUT2D eigenvalue weighted by molar-refractivity contribution is 1.01. The van der Waals surface area contributed by atoms with E-state index in [1.165, 1.54) is 75.8 Å². The summed E-state index contributed by atoms with van der Waals surface area (Å²) in [5, 5.41) is 15.2. The molecule has 1 heterocycles. The zero-order chi connectivity index (χ0) is 39.2. The third kappa shape index (κ3) is 4.95. The van der Waals surface area contributed by atoms with Gasteiger partial charge in [-0.1, -0.05) is 152 Å². The fourth-order valence-corrected chi connectivity index (χ4v) is 9.86. The minimum absolute atomic E-state index is 1.09. The molecule has 12 rings (SSSR count). The van der Waals surface area contributed by atoms with Gasteiger partial charge in [-0.2, -0.15) is 0 Å². The summed E-state index contributed by atoms with van der Waals surface area (Å²) in [5.41, 5.74) is 7.97. The van der Waals surface area contributed by atoms with Crippen LogP contribution in [0.25, 0.3) is 70.3 Å². The molecule has 0 aliphatic heterocycles. The van der Waals surface area contributed by atoms with Gasteiger partial charge in [0.25, 0.3) is 0 Å². The molecule has 0 aliphatic carbocycles. The van der Waals surface area contributed by atoms with Crippen molar-refractivity contribution < 1.29 is 0 Å². The van der Waals surface area contributed by atoms with Gasteiger partial charge in [-0.25, -0.2) is 0 Å². The molecule has 0 unspecified atom stereocenters. The van der Waals surface area contributed by atoms with E-state index in [1.54, 1.807) is 0 Å². The normalized spacial score (nSPS) is 11.9. The molecule has 11 aromatic carbocycles. The Morgan fingerprint density at radius 2 is 0.644 bits per heavy atom. The highest BCUT2D eigenvalue weighted by molar-refractivity contribution is 6.27. The van der Waals surface area contributed by atoms with Crippen LogP contribution in [0.15, 0.2) is 200 Å². The summed E-state index contributed by atoms with van der Waals surface area (Å²) in [6, 6.07) is 73.5. The number of aromatic nitrogens is 1. The Labute approximate surface area is 342 Å². The van der Waals surface area contributed by atoms with Crippen molar-refractivity contribution in [1.29, 1.82) is 0 Å². The predicted octanol–water partition coefficient (Wildman–Crippen LogP) is 15.8. The van der Waals surface area contributed by atoms with Crippen molar-refractivity contribution in [2.24, 2.45) is 0 Å². The van der Waals surface area contributed by atoms with Gasteiger partial charge in [-0.15, -0.1) is 0 Å². The molecule has 278 valence electrons. The Kier molecular flexibility index (Phi) is 7.36. The third-order valence-corrected chi connectivity index (χ3v) is 12.6. The fraction of sp³-hybridized carbons (Fsp3) is 0.0357. The van der Waals surface area contributed by atoms with Gasteiger partial charge in [0.2, 0.25) is 0 Å². The minimum Gasteiger partial charge on any atom is -0.295 e. The van der Waals surface area contributed by atoms with Crippen molar-refractivity contribution in [3.8, 4) is 5.69 Å². The van der Waals surface area contributed by atoms with Crippen molar-refractivity contribution in [1.82, 2.24) is 4.57 Å². The van der Waals surface area contributed by atoms with Gasteiger partial charge in [0.1, 0.15) is 11.6 Å². The molecule has 0 bridgehead atoms. The van der Waals surface area contributed by atoms with E-state index >= 15 is 0 Å². The standard InChI is InChI=1S/C56H39N3/c1-36-37(2)56(58(45-20-8-4-9-21-45)50-35-31-43-27-25-39-15-13-17-41-29-33-48(50)54(43)52(39)41)59(46-22-10-5-11-23-46)55(36)57(44-18-6-3-7-19-44)49-34-30-42-26-24-38-14-12-16-40-28-32-47(49)53(42)51(38)40/h3-35H,1-2H3. The maximum atomic E-state index is 2.50. The lowest BCUT2D eigenvalue weighted by Crippen LogP contribution is -2.19. The van der Waals surface area contributed by atoms with E-state index in [1.807, 2.05) is 0 Å². The monoisotopic (exact) mass is 753 g/mol. The van der Waals surface area contributed by atoms with Gasteiger partial charge in [-0.05, 0) is 127 Å². The van der Waals surface area contributed by atoms with Gasteiger partial charge < -0.3 is 0 Å². The van der Waals surface area contributed by atoms with Gasteiger partial charge in [0, 0.05) is 27.8 Å². The smallest absolute Gasteiger partial charge is 0.127 e. The van der Waals surface area contributed by atoms with Crippen LogP contribution >= 0.6 is 0 Å². The summed E-state index contributed by atoms with van der Waals surface area (Å²) in [4.78, 5) is 5.00. The minimum atomic E-state index is 1.09. The van der Waals surface area contributed by atoms with Gasteiger partial charge in [-0.3, -0.25) is 14.4 Å². The highest BCUT2D eigenvalue weighted by Gasteiger charge is 2.31. The first-order valence-corrected chi connectivity index (χ1v) is 20.4. The summed E-state index contributed by atoms with van der Waals surface area (Å²) < 4.78 is 2.50. The molecule has 12 aromatic rings. The molecule has 0 fully saturated rings. The van der Waals surface area contributed by atoms with Crippen LogP contribution < -0.4 is 9.80 Å². The Balaban J connectivity index is 1.21. The van der Waals surface area contributed by atoms with Gasteiger partial charge in [0.05, 0.1) is 11.4 Å². The highest BCUT2D eigenvalue weighted by atomic mass is 15.3. The van der Waals surface area contributed by atoms with Crippen LogP contribution in [0.3, 0.4) is 0 Å². The molecule has 0 aliphatic rings. The topological polar surface area (TPSA) is 11.4 Å². The second-order valence-electron chi connectivity index (χ2n) is 15.8. The molecule has 0 amide bonds. The number of nitrogens with zero attached hydrogens (tertiary/aromatic N) is 3. The van der Waals surface area contributed by atoms with E-state index < -0.39 is 0 Å². The molecule has 0 spiro atoms. The van der Waals surface area contributed by atoms with Crippen LogP contribution in [-0.2, 0) is 0 Å². The molecule has 59 heavy (non-hydrogen) atoms. The van der Waals surface area contributed by atoms with Gasteiger partial charge in [0.15, 0.2) is 0 Å². The lowest BCUT2D eigenvalue weighted by atomic mass is 9.93. The lowest BCUT2D eigenvalue weighted by Gasteiger charge is -2.32. The number of benzene rings is 11. The maximum Gasteiger partial charge on any atom is 0.127 e. The summed E-state index contributed by atoms with van der Waals surface area (Å²) in [6.07, 6.45) is 0. The van der Waals surface area contributed by atoms with Crippen LogP contribution in [-0.4, -0.2) is 4.57 Å². The van der Waals surface area contributed by atoms with Crippen LogP contribution in [0.1, 0.15) is 11.1 Å². The van der Waals surface area contributed by atoms with Crippen LogP contribution in [0.2, 0.25) is 0 Å². The summed E-state index contributed by atoms with van der Waals surface area (Å²) in [6.45, 7) is 4.60. The molecule has 0 saturated heterocycles. The van der Waals surface area contributed by atoms with E-state index in [-0.39, 0.29) is 0 Å². The SMILES string of the molecule is Cc1c(C)c(N(c2ccccc2)c2ccc3ccc4cccc5ccc2c3c45)n(-c2ccccc2)c1N(c1ccccc1)c1ccc2ccc3cccc4ccc1c2c34. The largest absolute Gasteiger partial charge is 0.295 e. The van der Waals surface area contributed by atoms with Crippen molar-refractivity contribution in [2.45, 2.75) is 13.8 Å². The van der Waals surface area contributed by atoms with E-state index in [9.17, 15) is 0 Å². The molecule has 3 heteroatoms. The molecular formula is C56H39N3. The van der Waals surface area contributed by atoms with Crippen molar-refractivity contribution in [3.63, 3.8) is 0 Å². The second kappa shape index (κ2) is 13.0. The first kappa shape index (κ1) is 33.5. The first-order valence-electron chi connectivity index (χ1n) is 20.4. The molecular weight excluding hydrogens is 715 g/mol. The average molecular weight is 754 g/mol. The average Bonchev–Trinajstić information content (AvgIpc) is 3.55. The predicted molar refractivity (Wildman–Crippen MR) is 252 cm³/mol. The molecule has 0 atom stereocenters. The number of hydrogen-bond donors (Lipinski definition) is 0. The Morgan fingerprint density at radius 1 is 0.305 bits per heavy atom. The van der Waals surface area contributed by atoms with Crippen molar-refractivity contribution in [3.05, 3.63) is 211 Å². The van der Waals surface area contributed by atoms with Crippen LogP contribution in [0.4, 0.5) is 34.4 Å². The quantitative estimate of drug-likeness (QED) is 0.150. The Hall–Kier alpha value is -7.62. The molecule has 3 nitrogen and oxygen atoms in total. The molecule has 0 N–H and O–H groups in total. The van der Waals surface area contributed by atoms with Crippen LogP contribution in [0, 0.1) is 13.8 Å². The Bertz CT molecular complexity index is 3270. The van der Waals surface area contributed by atoms with Crippen molar-refractivity contribution in [2.75, 3.05) is 9.80 Å². The summed E-state index contributed by atoms with van der Waals surface area (Å²) in [5.74, 6) is 2.20. The molecule has 0 radical (unpaired) electrons. The summed E-state index contributed by atoms with van der Waals surface area (Å²) >= 11 is 0. The zero-order valence-electron chi connectivity index (χ0n) is 32.9. The maximum absolute atomic E-state index is 2.50. The number of hydrogen-bond acceptors (Lipinski definition) is 2. The number of para-hydroxylation sites is 3. The van der Waals surface area contributed by atoms with E-state index in [0.717, 1.165) is 40.1 Å². The molecule has 0 saturated carbocycles. The zero-order valence-corrected chi connectivity index (χ0v) is 32.9.